The minimum atomic E-state index is 0.695. The maximum absolute atomic E-state index is 5.75. The van der Waals surface area contributed by atoms with Gasteiger partial charge in [-0.15, -0.1) is 0 Å². The zero-order valence-corrected chi connectivity index (χ0v) is 11.0. The molecule has 0 spiro atoms. The van der Waals surface area contributed by atoms with Gasteiger partial charge in [-0.25, -0.2) is 9.97 Å². The highest BCUT2D eigenvalue weighted by molar-refractivity contribution is 5.93. The van der Waals surface area contributed by atoms with E-state index in [1.165, 1.54) is 0 Å². The lowest BCUT2D eigenvalue weighted by molar-refractivity contribution is 0.579. The molecule has 2 aromatic heterocycles. The van der Waals surface area contributed by atoms with Crippen molar-refractivity contribution in [3.05, 3.63) is 42.3 Å². The number of rotatable bonds is 3. The van der Waals surface area contributed by atoms with E-state index >= 15 is 0 Å². The number of anilines is 1. The molecular formula is C15H15N3O. The highest BCUT2D eigenvalue weighted by Crippen LogP contribution is 2.32. The number of nitrogens with one attached hydrogen (secondary N) is 1. The van der Waals surface area contributed by atoms with Gasteiger partial charge in [0.2, 0.25) is 0 Å². The molecule has 0 amide bonds. The Kier molecular flexibility index (Phi) is 2.91. The topological polar surface area (TPSA) is 51.0 Å². The van der Waals surface area contributed by atoms with Crippen LogP contribution in [-0.4, -0.2) is 16.5 Å². The fourth-order valence-corrected chi connectivity index (χ4v) is 2.20. The number of furan rings is 1. The number of fused-ring (bicyclic) bond motifs is 1. The van der Waals surface area contributed by atoms with Crippen molar-refractivity contribution in [3.8, 4) is 11.4 Å². The first-order chi connectivity index (χ1) is 9.29. The second-order valence-electron chi connectivity index (χ2n) is 4.33. The van der Waals surface area contributed by atoms with Crippen LogP contribution in [0.25, 0.3) is 22.4 Å². The van der Waals surface area contributed by atoms with Crippen molar-refractivity contribution in [3.63, 3.8) is 0 Å². The Labute approximate surface area is 111 Å². The van der Waals surface area contributed by atoms with Gasteiger partial charge in [-0.3, -0.25) is 0 Å². The summed E-state index contributed by atoms with van der Waals surface area (Å²) >= 11 is 0. The maximum atomic E-state index is 5.75. The standard InChI is InChI=1S/C15H15N3O/c1-3-16-13-8-9-17-15(18-13)14-10(2)19-12-7-5-4-6-11(12)14/h4-9H,3H2,1-2H3,(H,16,17,18). The monoisotopic (exact) mass is 253 g/mol. The first kappa shape index (κ1) is 11.7. The summed E-state index contributed by atoms with van der Waals surface area (Å²) in [4.78, 5) is 8.90. The third-order valence-corrected chi connectivity index (χ3v) is 3.01. The molecule has 0 aliphatic heterocycles. The summed E-state index contributed by atoms with van der Waals surface area (Å²) < 4.78 is 5.75. The van der Waals surface area contributed by atoms with Crippen molar-refractivity contribution >= 4 is 16.8 Å². The van der Waals surface area contributed by atoms with Crippen molar-refractivity contribution in [1.29, 1.82) is 0 Å². The van der Waals surface area contributed by atoms with E-state index in [0.29, 0.717) is 5.82 Å². The predicted octanol–water partition coefficient (Wildman–Crippen LogP) is 3.63. The number of para-hydroxylation sites is 1. The van der Waals surface area contributed by atoms with Gasteiger partial charge < -0.3 is 9.73 Å². The van der Waals surface area contributed by atoms with Crippen molar-refractivity contribution in [2.45, 2.75) is 13.8 Å². The predicted molar refractivity (Wildman–Crippen MR) is 76.1 cm³/mol. The minimum Gasteiger partial charge on any atom is -0.461 e. The fraction of sp³-hybridized carbons (Fsp3) is 0.200. The van der Waals surface area contributed by atoms with Gasteiger partial charge in [0.05, 0.1) is 5.56 Å². The molecule has 0 saturated carbocycles. The Morgan fingerprint density at radius 2 is 2.05 bits per heavy atom. The van der Waals surface area contributed by atoms with Crippen LogP contribution in [-0.2, 0) is 0 Å². The van der Waals surface area contributed by atoms with E-state index in [2.05, 4.69) is 15.3 Å². The first-order valence-corrected chi connectivity index (χ1v) is 6.35. The van der Waals surface area contributed by atoms with E-state index < -0.39 is 0 Å². The van der Waals surface area contributed by atoms with Crippen LogP contribution >= 0.6 is 0 Å². The van der Waals surface area contributed by atoms with Gasteiger partial charge in [0.15, 0.2) is 5.82 Å². The van der Waals surface area contributed by atoms with Crippen LogP contribution in [0.2, 0.25) is 0 Å². The molecule has 0 fully saturated rings. The van der Waals surface area contributed by atoms with Gasteiger partial charge in [-0.2, -0.15) is 0 Å². The molecule has 0 aliphatic carbocycles. The van der Waals surface area contributed by atoms with Crippen LogP contribution in [0, 0.1) is 6.92 Å². The number of hydrogen-bond acceptors (Lipinski definition) is 4. The molecular weight excluding hydrogens is 238 g/mol. The summed E-state index contributed by atoms with van der Waals surface area (Å²) in [5.74, 6) is 2.37. The summed E-state index contributed by atoms with van der Waals surface area (Å²) in [5.41, 5.74) is 1.84. The summed E-state index contributed by atoms with van der Waals surface area (Å²) in [6, 6.07) is 9.81. The second kappa shape index (κ2) is 4.72. The van der Waals surface area contributed by atoms with Crippen LogP contribution in [0.15, 0.2) is 40.9 Å². The fourth-order valence-electron chi connectivity index (χ4n) is 2.20. The molecule has 4 nitrogen and oxygen atoms in total. The number of hydrogen-bond donors (Lipinski definition) is 1. The molecule has 0 bridgehead atoms. The molecule has 19 heavy (non-hydrogen) atoms. The summed E-state index contributed by atoms with van der Waals surface area (Å²) in [6.45, 7) is 4.82. The van der Waals surface area contributed by atoms with Crippen molar-refractivity contribution in [1.82, 2.24) is 9.97 Å². The molecule has 0 unspecified atom stereocenters. The zero-order chi connectivity index (χ0) is 13.2. The van der Waals surface area contributed by atoms with Crippen LogP contribution < -0.4 is 5.32 Å². The molecule has 4 heteroatoms. The van der Waals surface area contributed by atoms with Crippen molar-refractivity contribution in [2.75, 3.05) is 11.9 Å². The van der Waals surface area contributed by atoms with Gasteiger partial charge in [0.25, 0.3) is 0 Å². The Morgan fingerprint density at radius 1 is 1.21 bits per heavy atom. The van der Waals surface area contributed by atoms with Gasteiger partial charge in [0, 0.05) is 18.1 Å². The Hall–Kier alpha value is -2.36. The first-order valence-electron chi connectivity index (χ1n) is 6.35. The highest BCUT2D eigenvalue weighted by Gasteiger charge is 2.14. The van der Waals surface area contributed by atoms with Gasteiger partial charge in [0.1, 0.15) is 17.2 Å². The molecule has 1 N–H and O–H groups in total. The average Bonchev–Trinajstić information content (AvgIpc) is 2.75. The number of aromatic nitrogens is 2. The summed E-state index contributed by atoms with van der Waals surface area (Å²) in [6.07, 6.45) is 1.77. The van der Waals surface area contributed by atoms with Crippen LogP contribution in [0.1, 0.15) is 12.7 Å². The van der Waals surface area contributed by atoms with Gasteiger partial charge in [-0.1, -0.05) is 18.2 Å². The largest absolute Gasteiger partial charge is 0.461 e. The van der Waals surface area contributed by atoms with E-state index in [1.807, 2.05) is 44.2 Å². The van der Waals surface area contributed by atoms with Crippen LogP contribution in [0.5, 0.6) is 0 Å². The summed E-state index contributed by atoms with van der Waals surface area (Å²) in [5, 5.41) is 4.25. The SMILES string of the molecule is CCNc1ccnc(-c2c(C)oc3ccccc23)n1. The molecule has 3 rings (SSSR count). The van der Waals surface area contributed by atoms with E-state index in [-0.39, 0.29) is 0 Å². The lowest BCUT2D eigenvalue weighted by Crippen LogP contribution is -2.00. The molecule has 1 aromatic carbocycles. The summed E-state index contributed by atoms with van der Waals surface area (Å²) in [7, 11) is 0. The highest BCUT2D eigenvalue weighted by atomic mass is 16.3. The van der Waals surface area contributed by atoms with Crippen LogP contribution in [0.3, 0.4) is 0 Å². The van der Waals surface area contributed by atoms with Crippen molar-refractivity contribution in [2.24, 2.45) is 0 Å². The third kappa shape index (κ3) is 2.05. The van der Waals surface area contributed by atoms with E-state index in [1.54, 1.807) is 6.20 Å². The van der Waals surface area contributed by atoms with E-state index in [9.17, 15) is 0 Å². The molecule has 3 aromatic rings. The molecule has 0 saturated heterocycles. The van der Waals surface area contributed by atoms with E-state index in [0.717, 1.165) is 34.7 Å². The minimum absolute atomic E-state index is 0.695. The normalized spacial score (nSPS) is 10.8. The average molecular weight is 253 g/mol. The molecule has 0 radical (unpaired) electrons. The number of benzene rings is 1. The van der Waals surface area contributed by atoms with Gasteiger partial charge >= 0.3 is 0 Å². The van der Waals surface area contributed by atoms with Crippen molar-refractivity contribution < 1.29 is 4.42 Å². The number of nitrogens with zero attached hydrogens (tertiary/aromatic N) is 2. The molecule has 0 aliphatic rings. The Balaban J connectivity index is 2.18. The molecule has 2 heterocycles. The Morgan fingerprint density at radius 3 is 2.89 bits per heavy atom. The Bertz CT molecular complexity index is 718. The van der Waals surface area contributed by atoms with E-state index in [4.69, 9.17) is 4.42 Å². The maximum Gasteiger partial charge on any atom is 0.165 e. The lowest BCUT2D eigenvalue weighted by atomic mass is 10.1. The smallest absolute Gasteiger partial charge is 0.165 e. The lowest BCUT2D eigenvalue weighted by Gasteiger charge is -2.04. The zero-order valence-electron chi connectivity index (χ0n) is 11.0. The third-order valence-electron chi connectivity index (χ3n) is 3.01. The molecule has 0 atom stereocenters. The second-order valence-corrected chi connectivity index (χ2v) is 4.33. The number of aryl methyl sites for hydroxylation is 1. The van der Waals surface area contributed by atoms with Gasteiger partial charge in [-0.05, 0) is 26.0 Å². The molecule has 96 valence electrons. The quantitative estimate of drug-likeness (QED) is 0.774. The van der Waals surface area contributed by atoms with Crippen LogP contribution in [0.4, 0.5) is 5.82 Å².